The second kappa shape index (κ2) is 2.31. The topological polar surface area (TPSA) is 26.0 Å². The summed E-state index contributed by atoms with van der Waals surface area (Å²) in [6.45, 7) is 2.88. The Bertz CT molecular complexity index is 101. The zero-order valence-corrected chi connectivity index (χ0v) is 5.35. The van der Waals surface area contributed by atoms with Crippen LogP contribution in [0.4, 0.5) is 0 Å². The summed E-state index contributed by atoms with van der Waals surface area (Å²) < 4.78 is 0. The monoisotopic (exact) mass is 111 g/mol. The number of nitrogens with two attached hydrogens (primary N) is 1. The van der Waals surface area contributed by atoms with Crippen LogP contribution >= 0.6 is 0 Å². The van der Waals surface area contributed by atoms with E-state index in [0.29, 0.717) is 6.54 Å². The van der Waals surface area contributed by atoms with Gasteiger partial charge >= 0.3 is 0 Å². The molecule has 1 heteroatoms. The molecule has 0 unspecified atom stereocenters. The zero-order chi connectivity index (χ0) is 5.98. The molecule has 0 aromatic carbocycles. The first-order valence-electron chi connectivity index (χ1n) is 3.21. The lowest BCUT2D eigenvalue weighted by Gasteiger charge is -1.91. The van der Waals surface area contributed by atoms with E-state index in [1.807, 2.05) is 0 Å². The molecule has 0 spiro atoms. The van der Waals surface area contributed by atoms with E-state index in [0.717, 1.165) is 5.92 Å². The third-order valence-corrected chi connectivity index (χ3v) is 1.66. The number of allylic oxidation sites excluding steroid dienone is 1. The average molecular weight is 111 g/mol. The van der Waals surface area contributed by atoms with Crippen molar-refractivity contribution in [1.29, 1.82) is 0 Å². The van der Waals surface area contributed by atoms with Crippen LogP contribution in [0.15, 0.2) is 11.6 Å². The minimum atomic E-state index is 0.711. The first-order chi connectivity index (χ1) is 3.84. The van der Waals surface area contributed by atoms with Crippen molar-refractivity contribution in [3.8, 4) is 0 Å². The Labute approximate surface area is 50.6 Å². The van der Waals surface area contributed by atoms with Crippen molar-refractivity contribution >= 4 is 0 Å². The molecule has 0 amide bonds. The number of rotatable bonds is 2. The van der Waals surface area contributed by atoms with Crippen LogP contribution in [0.1, 0.15) is 19.8 Å². The summed E-state index contributed by atoms with van der Waals surface area (Å²) in [5.41, 5.74) is 6.81. The van der Waals surface area contributed by atoms with Crippen LogP contribution in [0.5, 0.6) is 0 Å². The molecule has 2 N–H and O–H groups in total. The van der Waals surface area contributed by atoms with E-state index in [2.05, 4.69) is 13.0 Å². The van der Waals surface area contributed by atoms with Gasteiger partial charge in [0.05, 0.1) is 0 Å². The van der Waals surface area contributed by atoms with Gasteiger partial charge in [0, 0.05) is 6.54 Å². The molecule has 0 atom stereocenters. The van der Waals surface area contributed by atoms with Gasteiger partial charge in [-0.1, -0.05) is 11.6 Å². The molecule has 1 nitrogen and oxygen atoms in total. The summed E-state index contributed by atoms with van der Waals surface area (Å²) in [4.78, 5) is 0. The van der Waals surface area contributed by atoms with Crippen LogP contribution in [0.3, 0.4) is 0 Å². The van der Waals surface area contributed by atoms with Crippen molar-refractivity contribution in [2.75, 3.05) is 6.54 Å². The lowest BCUT2D eigenvalue weighted by molar-refractivity contribution is 0.988. The fraction of sp³-hybridized carbons (Fsp3) is 0.714. The lowest BCUT2D eigenvalue weighted by atomic mass is 10.2. The molecule has 0 aliphatic heterocycles. The van der Waals surface area contributed by atoms with Gasteiger partial charge in [-0.2, -0.15) is 0 Å². The Morgan fingerprint density at radius 3 is 2.75 bits per heavy atom. The van der Waals surface area contributed by atoms with E-state index in [4.69, 9.17) is 5.73 Å². The van der Waals surface area contributed by atoms with E-state index < -0.39 is 0 Å². The van der Waals surface area contributed by atoms with Crippen molar-refractivity contribution < 1.29 is 0 Å². The van der Waals surface area contributed by atoms with Crippen molar-refractivity contribution in [3.05, 3.63) is 11.6 Å². The minimum Gasteiger partial charge on any atom is -0.327 e. The summed E-state index contributed by atoms with van der Waals surface area (Å²) in [6.07, 6.45) is 4.91. The van der Waals surface area contributed by atoms with E-state index >= 15 is 0 Å². The summed E-state index contributed by atoms with van der Waals surface area (Å²) in [5.74, 6) is 0.901. The molecule has 1 aliphatic carbocycles. The second-order valence-electron chi connectivity index (χ2n) is 2.46. The molecule has 1 aliphatic rings. The van der Waals surface area contributed by atoms with Crippen LogP contribution < -0.4 is 5.73 Å². The van der Waals surface area contributed by atoms with E-state index in [-0.39, 0.29) is 0 Å². The highest BCUT2D eigenvalue weighted by Gasteiger charge is 2.21. The SMILES string of the molecule is C/C(=C\CN)C1CC1. The molecule has 0 bridgehead atoms. The van der Waals surface area contributed by atoms with Crippen LogP contribution in [-0.4, -0.2) is 6.54 Å². The van der Waals surface area contributed by atoms with Gasteiger partial charge in [-0.05, 0) is 25.7 Å². The molecule has 1 saturated carbocycles. The van der Waals surface area contributed by atoms with Gasteiger partial charge in [0.25, 0.3) is 0 Å². The van der Waals surface area contributed by atoms with Crippen LogP contribution in [-0.2, 0) is 0 Å². The van der Waals surface area contributed by atoms with Gasteiger partial charge < -0.3 is 5.73 Å². The quantitative estimate of drug-likeness (QED) is 0.534. The number of hydrogen-bond acceptors (Lipinski definition) is 1. The van der Waals surface area contributed by atoms with E-state index in [1.165, 1.54) is 18.4 Å². The molecule has 0 saturated heterocycles. The van der Waals surface area contributed by atoms with Gasteiger partial charge in [-0.25, -0.2) is 0 Å². The molecule has 0 radical (unpaired) electrons. The minimum absolute atomic E-state index is 0.711. The molecule has 8 heavy (non-hydrogen) atoms. The van der Waals surface area contributed by atoms with Crippen molar-refractivity contribution in [2.45, 2.75) is 19.8 Å². The normalized spacial score (nSPS) is 21.5. The molecular formula is C7H13N. The lowest BCUT2D eigenvalue weighted by Crippen LogP contribution is -1.94. The molecule has 0 heterocycles. The van der Waals surface area contributed by atoms with Gasteiger partial charge in [0.1, 0.15) is 0 Å². The molecular weight excluding hydrogens is 98.1 g/mol. The summed E-state index contributed by atoms with van der Waals surface area (Å²) in [7, 11) is 0. The Kier molecular flexibility index (Phi) is 1.69. The smallest absolute Gasteiger partial charge is 0.0109 e. The molecule has 1 fully saturated rings. The largest absolute Gasteiger partial charge is 0.327 e. The molecule has 46 valence electrons. The van der Waals surface area contributed by atoms with E-state index in [9.17, 15) is 0 Å². The zero-order valence-electron chi connectivity index (χ0n) is 5.35. The molecule has 0 aromatic heterocycles. The number of hydrogen-bond donors (Lipinski definition) is 1. The van der Waals surface area contributed by atoms with Crippen LogP contribution in [0.25, 0.3) is 0 Å². The Balaban J connectivity index is 2.31. The predicted molar refractivity (Wildman–Crippen MR) is 35.5 cm³/mol. The predicted octanol–water partition coefficient (Wildman–Crippen LogP) is 1.30. The Hall–Kier alpha value is -0.300. The Morgan fingerprint density at radius 2 is 2.38 bits per heavy atom. The van der Waals surface area contributed by atoms with Gasteiger partial charge in [-0.3, -0.25) is 0 Å². The average Bonchev–Trinajstić information content (AvgIpc) is 2.45. The van der Waals surface area contributed by atoms with Crippen molar-refractivity contribution in [2.24, 2.45) is 11.7 Å². The maximum absolute atomic E-state index is 5.32. The first kappa shape index (κ1) is 5.83. The summed E-state index contributed by atoms with van der Waals surface area (Å²) in [6, 6.07) is 0. The third-order valence-electron chi connectivity index (χ3n) is 1.66. The van der Waals surface area contributed by atoms with Crippen molar-refractivity contribution in [1.82, 2.24) is 0 Å². The fourth-order valence-electron chi connectivity index (χ4n) is 0.891. The highest BCUT2D eigenvalue weighted by Crippen LogP contribution is 2.35. The first-order valence-corrected chi connectivity index (χ1v) is 3.21. The van der Waals surface area contributed by atoms with Crippen LogP contribution in [0, 0.1) is 5.92 Å². The summed E-state index contributed by atoms with van der Waals surface area (Å²) in [5, 5.41) is 0. The second-order valence-corrected chi connectivity index (χ2v) is 2.46. The van der Waals surface area contributed by atoms with Gasteiger partial charge in [0.2, 0.25) is 0 Å². The van der Waals surface area contributed by atoms with Crippen molar-refractivity contribution in [3.63, 3.8) is 0 Å². The van der Waals surface area contributed by atoms with Crippen LogP contribution in [0.2, 0.25) is 0 Å². The fourth-order valence-corrected chi connectivity index (χ4v) is 0.891. The third kappa shape index (κ3) is 1.34. The maximum Gasteiger partial charge on any atom is 0.0109 e. The molecule has 0 aromatic rings. The van der Waals surface area contributed by atoms with Gasteiger partial charge in [0.15, 0.2) is 0 Å². The maximum atomic E-state index is 5.32. The standard InChI is InChI=1S/C7H13N/c1-6(4-5-8)7-2-3-7/h4,7H,2-3,5,8H2,1H3/b6-4+. The highest BCUT2D eigenvalue weighted by atomic mass is 14.5. The van der Waals surface area contributed by atoms with E-state index in [1.54, 1.807) is 0 Å². The highest BCUT2D eigenvalue weighted by molar-refractivity contribution is 5.09. The Morgan fingerprint density at radius 1 is 1.75 bits per heavy atom. The summed E-state index contributed by atoms with van der Waals surface area (Å²) >= 11 is 0. The van der Waals surface area contributed by atoms with Gasteiger partial charge in [-0.15, -0.1) is 0 Å². The molecule has 1 rings (SSSR count).